The van der Waals surface area contributed by atoms with Gasteiger partial charge in [-0.2, -0.15) is 0 Å². The lowest BCUT2D eigenvalue weighted by Gasteiger charge is -2.28. The fourth-order valence-corrected chi connectivity index (χ4v) is 2.76. The minimum absolute atomic E-state index is 0.132. The number of hydrazine groups is 1. The molecule has 0 saturated heterocycles. The number of amides is 2. The standard InChI is InChI=1S/C19H17N3O4/c23-18-9-7-15(21-22(18)14-4-2-1-3-5-14)19(24)20-13-6-8-16-17(12-13)26-11-10-25-16/h1-8,12,21H,9-11H2,(H,20,24). The summed E-state index contributed by atoms with van der Waals surface area (Å²) in [5.74, 6) is 0.785. The summed E-state index contributed by atoms with van der Waals surface area (Å²) in [5.41, 5.74) is 4.45. The zero-order valence-corrected chi connectivity index (χ0v) is 13.9. The van der Waals surface area contributed by atoms with Gasteiger partial charge in [0.05, 0.1) is 5.69 Å². The molecular weight excluding hydrogens is 334 g/mol. The molecule has 26 heavy (non-hydrogen) atoms. The van der Waals surface area contributed by atoms with Crippen molar-refractivity contribution in [1.29, 1.82) is 0 Å². The highest BCUT2D eigenvalue weighted by atomic mass is 16.6. The molecule has 4 rings (SSSR count). The maximum absolute atomic E-state index is 12.6. The van der Waals surface area contributed by atoms with Gasteiger partial charge in [0, 0.05) is 18.2 Å². The molecule has 0 bridgehead atoms. The third-order valence-electron chi connectivity index (χ3n) is 4.02. The van der Waals surface area contributed by atoms with Crippen molar-refractivity contribution in [2.24, 2.45) is 0 Å². The molecule has 2 amide bonds. The summed E-state index contributed by atoms with van der Waals surface area (Å²) in [7, 11) is 0. The van der Waals surface area contributed by atoms with Crippen molar-refractivity contribution >= 4 is 23.2 Å². The van der Waals surface area contributed by atoms with Gasteiger partial charge in [0.25, 0.3) is 5.91 Å². The second kappa shape index (κ2) is 6.79. The smallest absolute Gasteiger partial charge is 0.273 e. The number of benzene rings is 2. The van der Waals surface area contributed by atoms with Crippen molar-refractivity contribution in [3.8, 4) is 11.5 Å². The van der Waals surface area contributed by atoms with Gasteiger partial charge in [0.2, 0.25) is 5.91 Å². The van der Waals surface area contributed by atoms with Crippen molar-refractivity contribution in [3.05, 3.63) is 60.3 Å². The van der Waals surface area contributed by atoms with Crippen LogP contribution in [-0.4, -0.2) is 25.0 Å². The average molecular weight is 351 g/mol. The topological polar surface area (TPSA) is 79.9 Å². The first-order valence-corrected chi connectivity index (χ1v) is 8.26. The van der Waals surface area contributed by atoms with Crippen LogP contribution in [0.5, 0.6) is 11.5 Å². The van der Waals surface area contributed by atoms with Gasteiger partial charge in [-0.05, 0) is 30.3 Å². The largest absolute Gasteiger partial charge is 0.486 e. The Hall–Kier alpha value is -3.48. The number of fused-ring (bicyclic) bond motifs is 1. The van der Waals surface area contributed by atoms with Crippen molar-refractivity contribution < 1.29 is 19.1 Å². The molecule has 0 atom stereocenters. The van der Waals surface area contributed by atoms with Gasteiger partial charge >= 0.3 is 0 Å². The van der Waals surface area contributed by atoms with E-state index in [0.29, 0.717) is 41.8 Å². The van der Waals surface area contributed by atoms with Crippen LogP contribution < -0.4 is 25.2 Å². The van der Waals surface area contributed by atoms with Crippen molar-refractivity contribution in [2.45, 2.75) is 6.42 Å². The summed E-state index contributed by atoms with van der Waals surface area (Å²) in [6.07, 6.45) is 1.72. The quantitative estimate of drug-likeness (QED) is 0.886. The van der Waals surface area contributed by atoms with Crippen LogP contribution in [-0.2, 0) is 9.59 Å². The lowest BCUT2D eigenvalue weighted by Crippen LogP contribution is -2.47. The van der Waals surface area contributed by atoms with E-state index in [0.717, 1.165) is 0 Å². The number of nitrogens with one attached hydrogen (secondary N) is 2. The molecule has 7 heteroatoms. The molecule has 0 fully saturated rings. The van der Waals surface area contributed by atoms with Crippen LogP contribution in [0.15, 0.2) is 60.3 Å². The normalized spacial score (nSPS) is 15.8. The summed E-state index contributed by atoms with van der Waals surface area (Å²) in [6, 6.07) is 14.3. The summed E-state index contributed by atoms with van der Waals surface area (Å²) in [4.78, 5) is 24.7. The van der Waals surface area contributed by atoms with Crippen LogP contribution in [0.2, 0.25) is 0 Å². The molecule has 2 aliphatic heterocycles. The predicted octanol–water partition coefficient (Wildman–Crippen LogP) is 2.22. The Morgan fingerprint density at radius 2 is 1.81 bits per heavy atom. The zero-order chi connectivity index (χ0) is 17.9. The lowest BCUT2D eigenvalue weighted by atomic mass is 10.2. The molecule has 2 N–H and O–H groups in total. The molecule has 0 aliphatic carbocycles. The van der Waals surface area contributed by atoms with Crippen LogP contribution >= 0.6 is 0 Å². The molecule has 0 saturated carbocycles. The number of hydrogen-bond acceptors (Lipinski definition) is 5. The second-order valence-corrected chi connectivity index (χ2v) is 5.81. The Labute approximate surface area is 150 Å². The lowest BCUT2D eigenvalue weighted by molar-refractivity contribution is -0.119. The minimum Gasteiger partial charge on any atom is -0.486 e. The fraction of sp³-hybridized carbons (Fsp3) is 0.158. The number of rotatable bonds is 3. The number of nitrogens with zero attached hydrogens (tertiary/aromatic N) is 1. The Balaban J connectivity index is 1.49. The maximum atomic E-state index is 12.6. The average Bonchev–Trinajstić information content (AvgIpc) is 2.69. The van der Waals surface area contributed by atoms with Crippen LogP contribution in [0.1, 0.15) is 6.42 Å². The van der Waals surface area contributed by atoms with Crippen molar-refractivity contribution in [1.82, 2.24) is 5.43 Å². The molecule has 2 aliphatic rings. The number of hydrogen-bond donors (Lipinski definition) is 2. The molecule has 2 aromatic rings. The van der Waals surface area contributed by atoms with Gasteiger partial charge in [-0.15, -0.1) is 0 Å². The van der Waals surface area contributed by atoms with Crippen molar-refractivity contribution in [3.63, 3.8) is 0 Å². The van der Waals surface area contributed by atoms with Crippen LogP contribution in [0, 0.1) is 0 Å². The Kier molecular flexibility index (Phi) is 4.18. The van der Waals surface area contributed by atoms with Crippen molar-refractivity contribution in [2.75, 3.05) is 23.5 Å². The summed E-state index contributed by atoms with van der Waals surface area (Å²) < 4.78 is 11.0. The van der Waals surface area contributed by atoms with Gasteiger partial charge in [-0.25, -0.2) is 5.01 Å². The van der Waals surface area contributed by atoms with E-state index in [1.165, 1.54) is 5.01 Å². The third kappa shape index (κ3) is 3.19. The van der Waals surface area contributed by atoms with E-state index in [4.69, 9.17) is 9.47 Å². The van der Waals surface area contributed by atoms with E-state index in [9.17, 15) is 9.59 Å². The summed E-state index contributed by atoms with van der Waals surface area (Å²) >= 11 is 0. The highest BCUT2D eigenvalue weighted by molar-refractivity contribution is 6.06. The Morgan fingerprint density at radius 1 is 1.04 bits per heavy atom. The minimum atomic E-state index is -0.338. The van der Waals surface area contributed by atoms with Crippen LogP contribution in [0.4, 0.5) is 11.4 Å². The SMILES string of the molecule is O=C(Nc1ccc2c(c1)OCCO2)C1=CCC(=O)N(c2ccccc2)N1. The highest BCUT2D eigenvalue weighted by Crippen LogP contribution is 2.32. The number of para-hydroxylation sites is 1. The van der Waals surface area contributed by atoms with Gasteiger partial charge in [-0.1, -0.05) is 18.2 Å². The van der Waals surface area contributed by atoms with E-state index in [2.05, 4.69) is 10.7 Å². The van der Waals surface area contributed by atoms with Crippen LogP contribution in [0.3, 0.4) is 0 Å². The molecule has 0 aromatic heterocycles. The van der Waals surface area contributed by atoms with Crippen LogP contribution in [0.25, 0.3) is 0 Å². The fourth-order valence-electron chi connectivity index (χ4n) is 2.76. The first kappa shape index (κ1) is 16.0. The number of ether oxygens (including phenoxy) is 2. The number of anilines is 2. The molecular formula is C19H17N3O4. The van der Waals surface area contributed by atoms with Gasteiger partial charge < -0.3 is 14.8 Å². The summed E-state index contributed by atoms with van der Waals surface area (Å²) in [5, 5.41) is 4.18. The summed E-state index contributed by atoms with van der Waals surface area (Å²) in [6.45, 7) is 0.990. The molecule has 0 radical (unpaired) electrons. The molecule has 132 valence electrons. The van der Waals surface area contributed by atoms with E-state index in [1.54, 1.807) is 36.4 Å². The molecule has 7 nitrogen and oxygen atoms in total. The highest BCUT2D eigenvalue weighted by Gasteiger charge is 2.24. The van der Waals surface area contributed by atoms with E-state index in [-0.39, 0.29) is 18.2 Å². The van der Waals surface area contributed by atoms with Gasteiger partial charge in [0.15, 0.2) is 11.5 Å². The van der Waals surface area contributed by atoms with E-state index in [1.807, 2.05) is 18.2 Å². The van der Waals surface area contributed by atoms with E-state index >= 15 is 0 Å². The molecule has 0 spiro atoms. The molecule has 2 heterocycles. The monoisotopic (exact) mass is 351 g/mol. The number of carbonyl (C=O) groups excluding carboxylic acids is 2. The Morgan fingerprint density at radius 3 is 2.62 bits per heavy atom. The first-order valence-electron chi connectivity index (χ1n) is 8.26. The van der Waals surface area contributed by atoms with Gasteiger partial charge in [0.1, 0.15) is 18.9 Å². The predicted molar refractivity (Wildman–Crippen MR) is 95.8 cm³/mol. The zero-order valence-electron chi connectivity index (χ0n) is 13.9. The Bertz CT molecular complexity index is 880. The van der Waals surface area contributed by atoms with E-state index < -0.39 is 0 Å². The number of carbonyl (C=O) groups is 2. The molecule has 0 unspecified atom stereocenters. The second-order valence-electron chi connectivity index (χ2n) is 5.81. The molecule has 2 aromatic carbocycles. The van der Waals surface area contributed by atoms with Gasteiger partial charge in [-0.3, -0.25) is 15.0 Å². The first-order chi connectivity index (χ1) is 12.7. The third-order valence-corrected chi connectivity index (χ3v) is 4.02. The maximum Gasteiger partial charge on any atom is 0.273 e.